The van der Waals surface area contributed by atoms with E-state index >= 15 is 0 Å². The number of nitrogens with zero attached hydrogens (tertiary/aromatic N) is 5. The van der Waals surface area contributed by atoms with E-state index in [0.717, 1.165) is 87.5 Å². The van der Waals surface area contributed by atoms with Gasteiger partial charge in [-0.2, -0.15) is 4.98 Å². The van der Waals surface area contributed by atoms with Crippen molar-refractivity contribution in [3.8, 4) is 11.6 Å². The van der Waals surface area contributed by atoms with Crippen molar-refractivity contribution in [2.45, 2.75) is 119 Å². The van der Waals surface area contributed by atoms with Gasteiger partial charge in [0.05, 0.1) is 46.4 Å². The third-order valence-corrected chi connectivity index (χ3v) is 18.2. The fourth-order valence-electron chi connectivity index (χ4n) is 12.9. The average Bonchev–Trinajstić information content (AvgIpc) is 4.19. The molecule has 0 radical (unpaired) electrons. The summed E-state index contributed by atoms with van der Waals surface area (Å²) in [6.07, 6.45) is 16.2. The number of nitro groups is 1. The highest BCUT2D eigenvalue weighted by atomic mass is 32.2. The van der Waals surface area contributed by atoms with Crippen LogP contribution in [0.5, 0.6) is 11.6 Å². The number of pyridine rings is 1. The molecule has 3 N–H and O–H groups in total. The Hall–Kier alpha value is -5.95. The zero-order valence-electron chi connectivity index (χ0n) is 40.6. The van der Waals surface area contributed by atoms with Crippen LogP contribution in [-0.4, -0.2) is 111 Å². The van der Waals surface area contributed by atoms with Gasteiger partial charge in [-0.15, -0.1) is 0 Å². The molecule has 72 heavy (non-hydrogen) atoms. The molecule has 12 rings (SSSR count). The van der Waals surface area contributed by atoms with Gasteiger partial charge in [0.1, 0.15) is 28.9 Å². The molecule has 2 aromatic heterocycles. The molecule has 0 bridgehead atoms. The van der Waals surface area contributed by atoms with Crippen molar-refractivity contribution in [2.75, 3.05) is 67.7 Å². The van der Waals surface area contributed by atoms with E-state index in [9.17, 15) is 23.3 Å². The number of sulfonamides is 1. The van der Waals surface area contributed by atoms with Crippen LogP contribution in [0.3, 0.4) is 0 Å². The normalized spacial score (nSPS) is 23.9. The molecule has 2 saturated carbocycles. The lowest BCUT2D eigenvalue weighted by Crippen LogP contribution is -2.55. The van der Waals surface area contributed by atoms with Gasteiger partial charge in [0.15, 0.2) is 0 Å². The summed E-state index contributed by atoms with van der Waals surface area (Å²) >= 11 is 0. The minimum absolute atomic E-state index is 0.112. The molecular formula is C54H64N8O9S. The predicted octanol–water partition coefficient (Wildman–Crippen LogP) is 9.02. The molecule has 7 heterocycles. The molecule has 6 fully saturated rings. The highest BCUT2D eigenvalue weighted by molar-refractivity contribution is 7.90. The maximum absolute atomic E-state index is 14.6. The van der Waals surface area contributed by atoms with Gasteiger partial charge >= 0.3 is 0 Å². The second kappa shape index (κ2) is 19.5. The number of H-pyrrole nitrogens is 1. The summed E-state index contributed by atoms with van der Waals surface area (Å²) in [5, 5.41) is 16.3. The van der Waals surface area contributed by atoms with Gasteiger partial charge in [0, 0.05) is 73.8 Å². The van der Waals surface area contributed by atoms with E-state index in [1.54, 1.807) is 6.07 Å². The largest absolute Gasteiger partial charge is 0.490 e. The quantitative estimate of drug-likeness (QED) is 0.0747. The lowest BCUT2D eigenvalue weighted by Gasteiger charge is -2.56. The highest BCUT2D eigenvalue weighted by Gasteiger charge is 2.50. The summed E-state index contributed by atoms with van der Waals surface area (Å²) < 4.78 is 55.1. The lowest BCUT2D eigenvalue weighted by molar-refractivity contribution is -0.384. The van der Waals surface area contributed by atoms with Gasteiger partial charge in [-0.3, -0.25) is 19.8 Å². The van der Waals surface area contributed by atoms with Crippen LogP contribution >= 0.6 is 0 Å². The fourth-order valence-corrected chi connectivity index (χ4v) is 13.8. The number of rotatable bonds is 13. The molecule has 3 aromatic carbocycles. The first-order chi connectivity index (χ1) is 35.1. The molecule has 18 heteroatoms. The van der Waals surface area contributed by atoms with Crippen molar-refractivity contribution in [3.05, 3.63) is 100 Å². The number of para-hydroxylation sites is 1. The summed E-state index contributed by atoms with van der Waals surface area (Å²) in [6, 6.07) is 22.5. The molecule has 380 valence electrons. The third-order valence-electron chi connectivity index (χ3n) is 16.9. The number of amides is 1. The van der Waals surface area contributed by atoms with Crippen LogP contribution in [0.1, 0.15) is 105 Å². The van der Waals surface area contributed by atoms with E-state index in [1.165, 1.54) is 56.2 Å². The Morgan fingerprint density at radius 3 is 2.53 bits per heavy atom. The Morgan fingerprint density at radius 1 is 0.889 bits per heavy atom. The van der Waals surface area contributed by atoms with Crippen LogP contribution in [0.25, 0.3) is 11.0 Å². The number of hydrogen-bond acceptors (Lipinski definition) is 14. The lowest BCUT2D eigenvalue weighted by atomic mass is 9.60. The number of ether oxygens (including phenoxy) is 4. The van der Waals surface area contributed by atoms with Gasteiger partial charge in [0.2, 0.25) is 5.88 Å². The van der Waals surface area contributed by atoms with E-state index in [1.807, 2.05) is 35.4 Å². The molecule has 7 aliphatic rings. The molecule has 2 aliphatic carbocycles. The zero-order chi connectivity index (χ0) is 49.0. The van der Waals surface area contributed by atoms with Crippen LogP contribution < -0.4 is 29.3 Å². The Balaban J connectivity index is 0.796. The van der Waals surface area contributed by atoms with E-state index in [-0.39, 0.29) is 28.6 Å². The van der Waals surface area contributed by atoms with Crippen LogP contribution in [0.15, 0.2) is 83.9 Å². The molecule has 3 atom stereocenters. The number of fused-ring (bicyclic) bond motifs is 3. The van der Waals surface area contributed by atoms with Gasteiger partial charge in [-0.25, -0.2) is 13.1 Å². The first-order valence-electron chi connectivity index (χ1n) is 26.2. The van der Waals surface area contributed by atoms with Gasteiger partial charge < -0.3 is 39.0 Å². The summed E-state index contributed by atoms with van der Waals surface area (Å²) in [7, 11) is -4.59. The molecule has 1 spiro atoms. The molecule has 5 aliphatic heterocycles. The van der Waals surface area contributed by atoms with Crippen molar-refractivity contribution in [1.29, 1.82) is 0 Å². The standard InChI is InChI=1S/C54H64N8O9S/c63-52(58-72(66,67)40-13-15-43(46(29-40)62(64)65)56-32-35-17-25-68-26-18-35)42-14-12-37(28-45(42)61-47-27-36-16-21-55-51(36)57-53(47)71-50-34-69-33-48(50)61)59-23-19-54(20-24-59)30-38(31-54)60-22-6-10-44(60)41-9-4-5-11-49(41)70-39-7-2-1-3-8-39/h4-5,9,11-16,21,27-29,35,38-39,44,48,50,56H,1-3,6-8,10,17-20,22-26,30-34H2,(H,55,57)(H,58,63)/t44-,48+,50+/m0/s1. The van der Waals surface area contributed by atoms with E-state index < -0.39 is 37.5 Å². The second-order valence-electron chi connectivity index (χ2n) is 21.2. The number of carbonyl (C=O) groups excluding carboxylic acids is 1. The number of hydrogen-bond donors (Lipinski definition) is 3. The first kappa shape index (κ1) is 47.1. The number of likely N-dealkylation sites (tertiary alicyclic amines) is 1. The van der Waals surface area contributed by atoms with E-state index in [4.69, 9.17) is 23.9 Å². The number of nitrogens with one attached hydrogen (secondary N) is 3. The van der Waals surface area contributed by atoms with E-state index in [2.05, 4.69) is 49.1 Å². The van der Waals surface area contributed by atoms with Gasteiger partial charge in [-0.05, 0) is 143 Å². The Morgan fingerprint density at radius 2 is 1.71 bits per heavy atom. The summed E-state index contributed by atoms with van der Waals surface area (Å²) in [6.45, 7) is 5.16. The molecule has 17 nitrogen and oxygen atoms in total. The van der Waals surface area contributed by atoms with Gasteiger partial charge in [0.25, 0.3) is 21.6 Å². The number of benzene rings is 3. The minimum atomic E-state index is -4.59. The maximum atomic E-state index is 14.6. The van der Waals surface area contributed by atoms with Crippen LogP contribution in [0, 0.1) is 21.4 Å². The molecule has 0 unspecified atom stereocenters. The number of carbonyl (C=O) groups is 1. The smallest absolute Gasteiger partial charge is 0.293 e. The second-order valence-corrected chi connectivity index (χ2v) is 22.9. The van der Waals surface area contributed by atoms with Crippen LogP contribution in [0.4, 0.5) is 28.4 Å². The number of aromatic amines is 1. The van der Waals surface area contributed by atoms with Crippen LogP contribution in [0.2, 0.25) is 0 Å². The topological polar surface area (TPSA) is 194 Å². The Kier molecular flexibility index (Phi) is 12.7. The number of piperidine rings is 1. The van der Waals surface area contributed by atoms with Crippen molar-refractivity contribution in [3.63, 3.8) is 0 Å². The van der Waals surface area contributed by atoms with Gasteiger partial charge in [-0.1, -0.05) is 24.6 Å². The molecule has 1 amide bonds. The van der Waals surface area contributed by atoms with Crippen molar-refractivity contribution < 1.29 is 37.1 Å². The number of aromatic nitrogens is 2. The highest BCUT2D eigenvalue weighted by Crippen LogP contribution is 2.55. The fraction of sp³-hybridized carbons (Fsp3) is 0.519. The summed E-state index contributed by atoms with van der Waals surface area (Å²) in [5.74, 6) is 0.845. The molecule has 5 aromatic rings. The average molecular weight is 1000 g/mol. The Bertz CT molecular complexity index is 2940. The minimum Gasteiger partial charge on any atom is -0.490 e. The van der Waals surface area contributed by atoms with Crippen molar-refractivity contribution >= 4 is 55.4 Å². The maximum Gasteiger partial charge on any atom is 0.293 e. The SMILES string of the molecule is O=C(NS(=O)(=O)c1ccc(NCC2CCOCC2)c([N+](=O)[O-])c1)c1ccc(N2CCC3(CC2)CC(N2CCC[C@H]2c2ccccc2OC2CCCCC2)C3)cc1N1c2cc3cc[nH]c3nc2O[C@@H]2COC[C@H]21. The van der Waals surface area contributed by atoms with Crippen LogP contribution in [-0.2, 0) is 19.5 Å². The first-order valence-corrected chi connectivity index (χ1v) is 27.7. The van der Waals surface area contributed by atoms with E-state index in [0.29, 0.717) is 74.1 Å². The predicted molar refractivity (Wildman–Crippen MR) is 273 cm³/mol. The van der Waals surface area contributed by atoms with Crippen molar-refractivity contribution in [1.82, 2.24) is 19.6 Å². The van der Waals surface area contributed by atoms with Crippen molar-refractivity contribution in [2.24, 2.45) is 11.3 Å². The third kappa shape index (κ3) is 9.12. The number of nitro benzene ring substituents is 1. The molecular weight excluding hydrogens is 937 g/mol. The summed E-state index contributed by atoms with van der Waals surface area (Å²) in [4.78, 5) is 41.1. The summed E-state index contributed by atoms with van der Waals surface area (Å²) in [5.41, 5.74) is 4.22. The monoisotopic (exact) mass is 1000 g/mol. The number of anilines is 4. The Labute approximate surface area is 420 Å². The molecule has 4 saturated heterocycles. The zero-order valence-corrected chi connectivity index (χ0v) is 41.5.